The molecule has 0 saturated carbocycles. The summed E-state index contributed by atoms with van der Waals surface area (Å²) in [6.07, 6.45) is 0. The van der Waals surface area contributed by atoms with Gasteiger partial charge in [-0.05, 0) is 37.3 Å². The van der Waals surface area contributed by atoms with Gasteiger partial charge in [-0.3, -0.25) is 4.79 Å². The monoisotopic (exact) mass is 461 g/mol. The number of nitrogens with zero attached hydrogens (tertiary/aromatic N) is 3. The number of hydrogen-bond donors (Lipinski definition) is 0. The third-order valence-corrected chi connectivity index (χ3v) is 6.54. The smallest absolute Gasteiger partial charge is 0.308 e. The predicted molar refractivity (Wildman–Crippen MR) is 114 cm³/mol. The Morgan fingerprint density at radius 3 is 2.89 bits per heavy atom. The highest BCUT2D eigenvalue weighted by atomic mass is 79.9. The third kappa shape index (κ3) is 3.89. The Labute approximate surface area is 172 Å². The van der Waals surface area contributed by atoms with E-state index in [9.17, 15) is 4.79 Å². The van der Waals surface area contributed by atoms with Gasteiger partial charge in [0.25, 0.3) is 0 Å². The zero-order chi connectivity index (χ0) is 18.8. The van der Waals surface area contributed by atoms with Gasteiger partial charge >= 0.3 is 5.91 Å². The van der Waals surface area contributed by atoms with Crippen LogP contribution in [0.1, 0.15) is 16.7 Å². The number of para-hydroxylation sites is 1. The number of fused-ring (bicyclic) bond motifs is 2. The zero-order valence-corrected chi connectivity index (χ0v) is 17.7. The van der Waals surface area contributed by atoms with Crippen LogP contribution in [-0.2, 0) is 11.3 Å². The number of hydrogen-bond acceptors (Lipinski definition) is 5. The van der Waals surface area contributed by atoms with E-state index in [1.807, 2.05) is 54.0 Å². The minimum atomic E-state index is -0.313. The van der Waals surface area contributed by atoms with Crippen molar-refractivity contribution in [3.8, 4) is 0 Å². The summed E-state index contributed by atoms with van der Waals surface area (Å²) < 4.78 is 10.6. The highest BCUT2D eigenvalue weighted by Gasteiger charge is 2.13. The maximum Gasteiger partial charge on any atom is 0.308 e. The number of ether oxygens (including phenoxy) is 1. The van der Waals surface area contributed by atoms with Crippen LogP contribution in [0.4, 0.5) is 0 Å². The molecule has 4 aromatic rings. The summed E-state index contributed by atoms with van der Waals surface area (Å²) in [6, 6.07) is 13.8. The Kier molecular flexibility index (Phi) is 5.49. The van der Waals surface area contributed by atoms with Crippen molar-refractivity contribution in [3.05, 3.63) is 56.7 Å². The van der Waals surface area contributed by atoms with Crippen molar-refractivity contribution in [2.75, 3.05) is 13.2 Å². The Morgan fingerprint density at radius 2 is 2.07 bits per heavy atom. The van der Waals surface area contributed by atoms with Gasteiger partial charge in [0.15, 0.2) is 9.81 Å². The third-order valence-electron chi connectivity index (χ3n) is 3.98. The molecule has 0 spiro atoms. The minimum Gasteiger partial charge on any atom is -0.380 e. The van der Waals surface area contributed by atoms with E-state index in [1.54, 1.807) is 0 Å². The fraction of sp³-hybridized carbons (Fsp3) is 0.211. The summed E-state index contributed by atoms with van der Waals surface area (Å²) in [6.45, 7) is 3.84. The summed E-state index contributed by atoms with van der Waals surface area (Å²) in [4.78, 5) is 22.2. The average Bonchev–Trinajstić information content (AvgIpc) is 3.23. The number of rotatable bonds is 5. The number of benzene rings is 2. The number of thiazole rings is 2. The van der Waals surface area contributed by atoms with Crippen LogP contribution < -0.4 is 4.80 Å². The van der Waals surface area contributed by atoms with Crippen LogP contribution in [0, 0.1) is 0 Å². The molecule has 0 aliphatic rings. The van der Waals surface area contributed by atoms with Crippen LogP contribution in [-0.4, -0.2) is 28.7 Å². The molecule has 8 heteroatoms. The van der Waals surface area contributed by atoms with Gasteiger partial charge in [-0.15, -0.1) is 11.3 Å². The normalized spacial score (nSPS) is 12.3. The Balaban J connectivity index is 1.78. The molecule has 2 aromatic carbocycles. The molecule has 5 nitrogen and oxygen atoms in total. The molecule has 0 unspecified atom stereocenters. The first-order chi connectivity index (χ1) is 13.2. The fourth-order valence-corrected chi connectivity index (χ4v) is 5.20. The van der Waals surface area contributed by atoms with Crippen molar-refractivity contribution in [2.45, 2.75) is 13.5 Å². The van der Waals surface area contributed by atoms with Crippen molar-refractivity contribution < 1.29 is 9.53 Å². The first-order valence-corrected chi connectivity index (χ1v) is 10.9. The first kappa shape index (κ1) is 18.5. The number of carbonyl (C=O) groups is 1. The van der Waals surface area contributed by atoms with E-state index in [2.05, 4.69) is 25.9 Å². The lowest BCUT2D eigenvalue weighted by Gasteiger charge is -2.05. The van der Waals surface area contributed by atoms with Crippen LogP contribution in [0.15, 0.2) is 51.9 Å². The van der Waals surface area contributed by atoms with Gasteiger partial charge in [-0.2, -0.15) is 4.99 Å². The Hall–Kier alpha value is -1.87. The number of halogens is 1. The van der Waals surface area contributed by atoms with Gasteiger partial charge in [0.2, 0.25) is 0 Å². The Morgan fingerprint density at radius 1 is 1.22 bits per heavy atom. The van der Waals surface area contributed by atoms with E-state index in [1.165, 1.54) is 22.7 Å². The van der Waals surface area contributed by atoms with Gasteiger partial charge in [-0.1, -0.05) is 39.4 Å². The van der Waals surface area contributed by atoms with Crippen LogP contribution in [0.2, 0.25) is 0 Å². The lowest BCUT2D eigenvalue weighted by molar-refractivity contribution is 0.0996. The first-order valence-electron chi connectivity index (χ1n) is 8.47. The lowest BCUT2D eigenvalue weighted by atomic mass is 10.3. The summed E-state index contributed by atoms with van der Waals surface area (Å²) in [5.41, 5.74) is 1.87. The van der Waals surface area contributed by atoms with Gasteiger partial charge in [-0.25, -0.2) is 4.98 Å². The molecule has 0 bridgehead atoms. The van der Waals surface area contributed by atoms with Crippen LogP contribution in [0.25, 0.3) is 20.4 Å². The maximum absolute atomic E-state index is 12.7. The molecule has 0 fully saturated rings. The topological polar surface area (TPSA) is 56.5 Å². The van der Waals surface area contributed by atoms with Crippen molar-refractivity contribution in [2.24, 2.45) is 4.99 Å². The molecule has 2 heterocycles. The van der Waals surface area contributed by atoms with E-state index in [-0.39, 0.29) is 5.91 Å². The molecule has 0 radical (unpaired) electrons. The Bertz CT molecular complexity index is 1160. The second-order valence-electron chi connectivity index (χ2n) is 5.75. The number of carbonyl (C=O) groups excluding carboxylic acids is 1. The zero-order valence-electron chi connectivity index (χ0n) is 14.5. The van der Waals surface area contributed by atoms with Gasteiger partial charge in [0.05, 0.1) is 27.0 Å². The summed E-state index contributed by atoms with van der Waals surface area (Å²) in [5, 5.41) is 0.409. The van der Waals surface area contributed by atoms with Gasteiger partial charge in [0, 0.05) is 17.6 Å². The molecule has 0 aliphatic carbocycles. The second-order valence-corrected chi connectivity index (χ2v) is 8.70. The summed E-state index contributed by atoms with van der Waals surface area (Å²) in [5.74, 6) is -0.313. The molecule has 2 aromatic heterocycles. The van der Waals surface area contributed by atoms with E-state index in [4.69, 9.17) is 4.74 Å². The fourth-order valence-electron chi connectivity index (χ4n) is 2.75. The van der Waals surface area contributed by atoms with E-state index >= 15 is 0 Å². The minimum absolute atomic E-state index is 0.313. The van der Waals surface area contributed by atoms with E-state index in [0.29, 0.717) is 29.6 Å². The van der Waals surface area contributed by atoms with E-state index < -0.39 is 0 Å². The molecule has 1 amide bonds. The lowest BCUT2D eigenvalue weighted by Crippen LogP contribution is -2.19. The van der Waals surface area contributed by atoms with Crippen LogP contribution in [0.5, 0.6) is 0 Å². The van der Waals surface area contributed by atoms with Crippen molar-refractivity contribution in [1.82, 2.24) is 9.55 Å². The molecule has 0 saturated heterocycles. The molecule has 0 N–H and O–H groups in total. The standard InChI is InChI=1S/C19H16BrN3O2S2/c1-2-25-10-9-23-14-8-7-12(20)11-16(14)27-19(23)22-17(24)18-21-13-5-3-4-6-15(13)26-18/h3-8,11H,2,9-10H2,1H3. The molecule has 138 valence electrons. The summed E-state index contributed by atoms with van der Waals surface area (Å²) in [7, 11) is 0. The van der Waals surface area contributed by atoms with Crippen LogP contribution in [0.3, 0.4) is 0 Å². The highest BCUT2D eigenvalue weighted by Crippen LogP contribution is 2.24. The average molecular weight is 462 g/mol. The SMILES string of the molecule is CCOCCn1c(=NC(=O)c2nc3ccccc3s2)sc2cc(Br)ccc21. The van der Waals surface area contributed by atoms with Gasteiger partial charge < -0.3 is 9.30 Å². The van der Waals surface area contributed by atoms with Gasteiger partial charge in [0.1, 0.15) is 0 Å². The van der Waals surface area contributed by atoms with Crippen molar-refractivity contribution in [3.63, 3.8) is 0 Å². The molecular formula is C19H16BrN3O2S2. The van der Waals surface area contributed by atoms with Crippen molar-refractivity contribution >= 4 is 64.9 Å². The molecule has 0 aliphatic heterocycles. The highest BCUT2D eigenvalue weighted by molar-refractivity contribution is 9.10. The van der Waals surface area contributed by atoms with Crippen LogP contribution >= 0.6 is 38.6 Å². The number of amides is 1. The predicted octanol–water partition coefficient (Wildman–Crippen LogP) is 4.85. The van der Waals surface area contributed by atoms with E-state index in [0.717, 1.165) is 24.9 Å². The van der Waals surface area contributed by atoms with Crippen molar-refractivity contribution in [1.29, 1.82) is 0 Å². The molecular weight excluding hydrogens is 446 g/mol. The largest absolute Gasteiger partial charge is 0.380 e. The second kappa shape index (κ2) is 8.02. The molecule has 27 heavy (non-hydrogen) atoms. The summed E-state index contributed by atoms with van der Waals surface area (Å²) >= 11 is 6.37. The number of aromatic nitrogens is 2. The molecule has 4 rings (SSSR count). The molecule has 0 atom stereocenters. The quantitative estimate of drug-likeness (QED) is 0.399. The maximum atomic E-state index is 12.7.